The standard InChI is InChI=1S/C11H11ClN4S/c1-14-10-8(9(12)13)17-11(16-10)15-7-5-3-2-4-6-7/h2-6,13-14H,1H3,(H,15,16). The topological polar surface area (TPSA) is 60.8 Å². The number of hydrogen-bond acceptors (Lipinski definition) is 5. The Bertz CT molecular complexity index is 524. The number of nitrogens with one attached hydrogen (secondary N) is 3. The van der Waals surface area contributed by atoms with Crippen LogP contribution in [-0.2, 0) is 0 Å². The average Bonchev–Trinajstić information content (AvgIpc) is 2.73. The highest BCUT2D eigenvalue weighted by Gasteiger charge is 2.12. The van der Waals surface area contributed by atoms with Gasteiger partial charge in [0.05, 0.1) is 0 Å². The molecule has 2 aromatic rings. The van der Waals surface area contributed by atoms with Gasteiger partial charge in [0.15, 0.2) is 5.13 Å². The zero-order valence-corrected chi connectivity index (χ0v) is 10.7. The third-order valence-electron chi connectivity index (χ3n) is 2.09. The van der Waals surface area contributed by atoms with Gasteiger partial charge in [-0.05, 0) is 12.1 Å². The molecule has 1 heterocycles. The second-order valence-corrected chi connectivity index (χ2v) is 4.63. The second kappa shape index (κ2) is 5.16. The molecule has 1 aromatic heterocycles. The van der Waals surface area contributed by atoms with Crippen LogP contribution in [0.2, 0.25) is 0 Å². The van der Waals surface area contributed by atoms with Crippen LogP contribution in [0.3, 0.4) is 0 Å². The summed E-state index contributed by atoms with van der Waals surface area (Å²) in [7, 11) is 1.75. The highest BCUT2D eigenvalue weighted by Crippen LogP contribution is 2.30. The molecule has 0 amide bonds. The van der Waals surface area contributed by atoms with E-state index < -0.39 is 0 Å². The predicted molar refractivity (Wildman–Crippen MR) is 74.1 cm³/mol. The maximum absolute atomic E-state index is 7.44. The summed E-state index contributed by atoms with van der Waals surface area (Å²) in [5.41, 5.74) is 0.955. The van der Waals surface area contributed by atoms with Crippen LogP contribution < -0.4 is 10.6 Å². The predicted octanol–water partition coefficient (Wildman–Crippen LogP) is 3.49. The molecule has 1 aromatic carbocycles. The smallest absolute Gasteiger partial charge is 0.189 e. The van der Waals surface area contributed by atoms with Gasteiger partial charge in [0.2, 0.25) is 0 Å². The first-order valence-corrected chi connectivity index (χ1v) is 6.15. The minimum atomic E-state index is -0.00652. The van der Waals surface area contributed by atoms with Crippen molar-refractivity contribution in [2.75, 3.05) is 17.7 Å². The quantitative estimate of drug-likeness (QED) is 0.743. The number of benzene rings is 1. The van der Waals surface area contributed by atoms with Crippen molar-refractivity contribution in [3.63, 3.8) is 0 Å². The van der Waals surface area contributed by atoms with Gasteiger partial charge >= 0.3 is 0 Å². The van der Waals surface area contributed by atoms with Crippen molar-refractivity contribution in [3.05, 3.63) is 35.2 Å². The number of aromatic nitrogens is 1. The van der Waals surface area contributed by atoms with E-state index in [0.29, 0.717) is 15.8 Å². The third kappa shape index (κ3) is 2.75. The number of rotatable bonds is 4. The van der Waals surface area contributed by atoms with Gasteiger partial charge in [-0.25, -0.2) is 4.98 Å². The molecule has 88 valence electrons. The molecule has 0 atom stereocenters. The molecule has 6 heteroatoms. The number of para-hydroxylation sites is 1. The molecule has 0 aliphatic carbocycles. The molecule has 0 spiro atoms. The molecule has 0 aliphatic rings. The van der Waals surface area contributed by atoms with Gasteiger partial charge in [-0.15, -0.1) is 0 Å². The van der Waals surface area contributed by atoms with Crippen LogP contribution in [0, 0.1) is 5.41 Å². The van der Waals surface area contributed by atoms with E-state index in [2.05, 4.69) is 15.6 Å². The van der Waals surface area contributed by atoms with Crippen molar-refractivity contribution in [3.8, 4) is 0 Å². The number of nitrogens with zero attached hydrogens (tertiary/aromatic N) is 1. The van der Waals surface area contributed by atoms with Gasteiger partial charge in [0, 0.05) is 12.7 Å². The van der Waals surface area contributed by atoms with Gasteiger partial charge < -0.3 is 10.6 Å². The van der Waals surface area contributed by atoms with Gasteiger partial charge in [-0.2, -0.15) is 0 Å². The van der Waals surface area contributed by atoms with Crippen LogP contribution in [0.1, 0.15) is 4.88 Å². The van der Waals surface area contributed by atoms with Crippen LogP contribution in [0.15, 0.2) is 30.3 Å². The second-order valence-electron chi connectivity index (χ2n) is 3.25. The Morgan fingerprint density at radius 1 is 1.35 bits per heavy atom. The summed E-state index contributed by atoms with van der Waals surface area (Å²) in [4.78, 5) is 4.95. The Morgan fingerprint density at radius 2 is 2.06 bits per heavy atom. The number of anilines is 3. The zero-order valence-electron chi connectivity index (χ0n) is 9.12. The van der Waals surface area contributed by atoms with Crippen molar-refractivity contribution in [2.45, 2.75) is 0 Å². The maximum Gasteiger partial charge on any atom is 0.189 e. The lowest BCUT2D eigenvalue weighted by Gasteiger charge is -2.00. The summed E-state index contributed by atoms with van der Waals surface area (Å²) >= 11 is 7.04. The third-order valence-corrected chi connectivity index (χ3v) is 3.38. The molecule has 0 saturated carbocycles. The minimum absolute atomic E-state index is 0.00652. The van der Waals surface area contributed by atoms with Crippen molar-refractivity contribution < 1.29 is 0 Å². The average molecular weight is 267 g/mol. The minimum Gasteiger partial charge on any atom is -0.372 e. The van der Waals surface area contributed by atoms with Crippen LogP contribution in [0.5, 0.6) is 0 Å². The molecular formula is C11H11ClN4S. The van der Waals surface area contributed by atoms with Gasteiger partial charge in [0.25, 0.3) is 0 Å². The van der Waals surface area contributed by atoms with E-state index in [4.69, 9.17) is 17.0 Å². The monoisotopic (exact) mass is 266 g/mol. The van der Waals surface area contributed by atoms with Crippen molar-refractivity contribution in [1.82, 2.24) is 4.98 Å². The molecule has 0 aliphatic heterocycles. The molecule has 0 fully saturated rings. The summed E-state index contributed by atoms with van der Waals surface area (Å²) in [5, 5.41) is 14.2. The fraction of sp³-hybridized carbons (Fsp3) is 0.0909. The molecule has 4 nitrogen and oxygen atoms in total. The lowest BCUT2D eigenvalue weighted by Crippen LogP contribution is -1.95. The molecule has 0 saturated heterocycles. The SMILES string of the molecule is CNc1nc(Nc2ccccc2)sc1C(=N)Cl. The fourth-order valence-corrected chi connectivity index (χ4v) is 2.38. The van der Waals surface area contributed by atoms with Gasteiger partial charge in [-0.3, -0.25) is 5.41 Å². The van der Waals surface area contributed by atoms with E-state index in [1.807, 2.05) is 30.3 Å². The number of hydrogen-bond donors (Lipinski definition) is 3. The van der Waals surface area contributed by atoms with E-state index in [1.165, 1.54) is 11.3 Å². The Balaban J connectivity index is 2.26. The van der Waals surface area contributed by atoms with E-state index in [1.54, 1.807) is 7.05 Å². The van der Waals surface area contributed by atoms with Crippen molar-refractivity contribution in [1.29, 1.82) is 5.41 Å². The van der Waals surface area contributed by atoms with E-state index in [0.717, 1.165) is 5.69 Å². The first kappa shape index (κ1) is 11.9. The summed E-state index contributed by atoms with van der Waals surface area (Å²) < 4.78 is 0. The lowest BCUT2D eigenvalue weighted by molar-refractivity contribution is 1.33. The van der Waals surface area contributed by atoms with Crippen LogP contribution in [0.25, 0.3) is 0 Å². The van der Waals surface area contributed by atoms with Crippen LogP contribution >= 0.6 is 22.9 Å². The van der Waals surface area contributed by atoms with Crippen LogP contribution in [-0.4, -0.2) is 17.2 Å². The largest absolute Gasteiger partial charge is 0.372 e. The first-order chi connectivity index (χ1) is 8.20. The summed E-state index contributed by atoms with van der Waals surface area (Å²) in [6.45, 7) is 0. The van der Waals surface area contributed by atoms with E-state index in [-0.39, 0.29) is 5.17 Å². The number of thiazole rings is 1. The lowest BCUT2D eigenvalue weighted by atomic mass is 10.3. The molecule has 0 radical (unpaired) electrons. The maximum atomic E-state index is 7.44. The van der Waals surface area contributed by atoms with Crippen molar-refractivity contribution >= 4 is 44.7 Å². The Labute approximate surface area is 108 Å². The molecular weight excluding hydrogens is 256 g/mol. The summed E-state index contributed by atoms with van der Waals surface area (Å²) in [6, 6.07) is 9.74. The number of halogens is 1. The Morgan fingerprint density at radius 3 is 2.59 bits per heavy atom. The van der Waals surface area contributed by atoms with Gasteiger partial charge in [0.1, 0.15) is 15.9 Å². The summed E-state index contributed by atoms with van der Waals surface area (Å²) in [6.07, 6.45) is 0. The van der Waals surface area contributed by atoms with Crippen molar-refractivity contribution in [2.24, 2.45) is 0 Å². The molecule has 0 bridgehead atoms. The van der Waals surface area contributed by atoms with E-state index >= 15 is 0 Å². The normalized spacial score (nSPS) is 10.0. The fourth-order valence-electron chi connectivity index (χ4n) is 1.34. The van der Waals surface area contributed by atoms with E-state index in [9.17, 15) is 0 Å². The summed E-state index contributed by atoms with van der Waals surface area (Å²) in [5.74, 6) is 0.619. The van der Waals surface area contributed by atoms with Gasteiger partial charge in [-0.1, -0.05) is 41.1 Å². The Kier molecular flexibility index (Phi) is 3.61. The molecule has 3 N–H and O–H groups in total. The molecule has 2 rings (SSSR count). The zero-order chi connectivity index (χ0) is 12.3. The highest BCUT2D eigenvalue weighted by atomic mass is 35.5. The highest BCUT2D eigenvalue weighted by molar-refractivity contribution is 7.19. The Hall–Kier alpha value is -1.59. The molecule has 17 heavy (non-hydrogen) atoms. The first-order valence-electron chi connectivity index (χ1n) is 4.96. The van der Waals surface area contributed by atoms with Crippen LogP contribution in [0.4, 0.5) is 16.6 Å². The molecule has 0 unspecified atom stereocenters.